The molecule has 5 heteroatoms. The molecule has 2 rings (SSSR count). The fraction of sp³-hybridized carbons (Fsp3) is 0.636. The lowest BCUT2D eigenvalue weighted by atomic mass is 9.81. The molecule has 0 spiro atoms. The normalized spacial score (nSPS) is 16.2. The highest BCUT2D eigenvalue weighted by Crippen LogP contribution is 2.27. The maximum Gasteiger partial charge on any atom is 0.318 e. The van der Waals surface area contributed by atoms with E-state index in [-0.39, 0.29) is 22.9 Å². The van der Waals surface area contributed by atoms with Crippen molar-refractivity contribution in [2.45, 2.75) is 71.9 Å². The van der Waals surface area contributed by atoms with Crippen LogP contribution < -0.4 is 10.6 Å². The molecule has 0 radical (unpaired) electrons. The molecule has 1 fully saturated rings. The first-order valence-corrected chi connectivity index (χ1v) is 9.98. The number of hydrogen-bond acceptors (Lipinski definition) is 2. The van der Waals surface area contributed by atoms with E-state index in [1.807, 2.05) is 18.2 Å². The van der Waals surface area contributed by atoms with Crippen molar-refractivity contribution in [1.29, 1.82) is 0 Å². The van der Waals surface area contributed by atoms with E-state index in [9.17, 15) is 9.59 Å². The average molecular weight is 374 g/mol. The predicted molar refractivity (Wildman–Crippen MR) is 110 cm³/mol. The van der Waals surface area contributed by atoms with E-state index in [0.29, 0.717) is 19.5 Å². The minimum Gasteiger partial charge on any atom is -0.349 e. The summed E-state index contributed by atoms with van der Waals surface area (Å²) in [6.45, 7) is 11.8. The summed E-state index contributed by atoms with van der Waals surface area (Å²) in [5.74, 6) is -0.0469. The maximum atomic E-state index is 13.1. The molecule has 1 atom stereocenters. The van der Waals surface area contributed by atoms with Crippen LogP contribution in [0.1, 0.15) is 59.4 Å². The Morgan fingerprint density at radius 1 is 1.19 bits per heavy atom. The Morgan fingerprint density at radius 3 is 2.41 bits per heavy atom. The third kappa shape index (κ3) is 6.89. The van der Waals surface area contributed by atoms with Crippen LogP contribution in [0.25, 0.3) is 0 Å². The van der Waals surface area contributed by atoms with Gasteiger partial charge in [0.2, 0.25) is 5.91 Å². The zero-order valence-electron chi connectivity index (χ0n) is 17.5. The van der Waals surface area contributed by atoms with Crippen LogP contribution in [-0.4, -0.2) is 41.5 Å². The highest BCUT2D eigenvalue weighted by molar-refractivity contribution is 5.88. The Bertz CT molecular complexity index is 635. The molecule has 0 aromatic heterocycles. The number of carbonyl (C=O) groups excluding carboxylic acids is 2. The second-order valence-electron chi connectivity index (χ2n) is 9.43. The highest BCUT2D eigenvalue weighted by Gasteiger charge is 2.35. The number of hydrogen-bond donors (Lipinski definition) is 2. The molecule has 1 unspecified atom stereocenters. The van der Waals surface area contributed by atoms with E-state index in [0.717, 1.165) is 19.3 Å². The van der Waals surface area contributed by atoms with Gasteiger partial charge in [-0.05, 0) is 50.5 Å². The Hall–Kier alpha value is -2.04. The summed E-state index contributed by atoms with van der Waals surface area (Å²) >= 11 is 0. The smallest absolute Gasteiger partial charge is 0.318 e. The molecule has 1 aromatic carbocycles. The molecule has 0 aliphatic carbocycles. The van der Waals surface area contributed by atoms with Crippen molar-refractivity contribution in [2.75, 3.05) is 13.1 Å². The van der Waals surface area contributed by atoms with Crippen LogP contribution in [0.3, 0.4) is 0 Å². The fourth-order valence-corrected chi connectivity index (χ4v) is 4.14. The number of carbonyl (C=O) groups is 2. The molecule has 1 heterocycles. The number of aryl methyl sites for hydroxylation is 1. The summed E-state index contributed by atoms with van der Waals surface area (Å²) < 4.78 is 0. The van der Waals surface area contributed by atoms with E-state index >= 15 is 0 Å². The van der Waals surface area contributed by atoms with Crippen LogP contribution in [0.15, 0.2) is 30.3 Å². The number of benzene rings is 1. The molecule has 0 bridgehead atoms. The van der Waals surface area contributed by atoms with E-state index in [4.69, 9.17) is 0 Å². The molecule has 2 N–H and O–H groups in total. The molecule has 5 nitrogen and oxygen atoms in total. The van der Waals surface area contributed by atoms with Gasteiger partial charge in [-0.3, -0.25) is 4.79 Å². The van der Waals surface area contributed by atoms with E-state index in [1.54, 1.807) is 4.90 Å². The van der Waals surface area contributed by atoms with Gasteiger partial charge in [0.25, 0.3) is 0 Å². The highest BCUT2D eigenvalue weighted by atomic mass is 16.2. The monoisotopic (exact) mass is 373 g/mol. The Balaban J connectivity index is 2.02. The minimum atomic E-state index is -0.421. The second-order valence-corrected chi connectivity index (χ2v) is 9.43. The maximum absolute atomic E-state index is 13.1. The van der Waals surface area contributed by atoms with Crippen molar-refractivity contribution in [2.24, 2.45) is 5.41 Å². The molecular weight excluding hydrogens is 338 g/mol. The summed E-state index contributed by atoms with van der Waals surface area (Å²) in [5, 5.41) is 6.02. The largest absolute Gasteiger partial charge is 0.349 e. The van der Waals surface area contributed by atoms with Crippen molar-refractivity contribution >= 4 is 11.9 Å². The van der Waals surface area contributed by atoms with Gasteiger partial charge in [-0.2, -0.15) is 0 Å². The van der Waals surface area contributed by atoms with Crippen LogP contribution in [0.4, 0.5) is 4.79 Å². The SMILES string of the molecule is CC(C)(C)CC(C)(C)NC(=O)C(CCCc1ccccc1)N1CCNC1=O. The summed E-state index contributed by atoms with van der Waals surface area (Å²) in [4.78, 5) is 27.0. The predicted octanol–water partition coefficient (Wildman–Crippen LogP) is 3.73. The van der Waals surface area contributed by atoms with Gasteiger partial charge in [-0.15, -0.1) is 0 Å². The van der Waals surface area contributed by atoms with Gasteiger partial charge in [0.1, 0.15) is 6.04 Å². The lowest BCUT2D eigenvalue weighted by Crippen LogP contribution is -2.54. The number of urea groups is 1. The second kappa shape index (κ2) is 8.77. The van der Waals surface area contributed by atoms with E-state index in [2.05, 4.69) is 57.4 Å². The number of nitrogens with one attached hydrogen (secondary N) is 2. The average Bonchev–Trinajstić information content (AvgIpc) is 2.95. The zero-order chi connectivity index (χ0) is 20.1. The van der Waals surface area contributed by atoms with Crippen LogP contribution in [0.5, 0.6) is 0 Å². The molecule has 27 heavy (non-hydrogen) atoms. The quantitative estimate of drug-likeness (QED) is 0.729. The molecule has 1 saturated heterocycles. The van der Waals surface area contributed by atoms with Gasteiger partial charge in [0, 0.05) is 18.6 Å². The standard InChI is InChI=1S/C22H35N3O2/c1-21(2,3)16-22(4,5)24-19(26)18(25-15-14-23-20(25)27)13-9-12-17-10-7-6-8-11-17/h6-8,10-11,18H,9,12-16H2,1-5H3,(H,23,27)(H,24,26). The third-order valence-corrected chi connectivity index (χ3v) is 4.79. The van der Waals surface area contributed by atoms with Crippen molar-refractivity contribution in [3.63, 3.8) is 0 Å². The molecular formula is C22H35N3O2. The lowest BCUT2D eigenvalue weighted by molar-refractivity contribution is -0.127. The first-order valence-electron chi connectivity index (χ1n) is 9.98. The number of rotatable bonds is 8. The molecule has 1 aliphatic heterocycles. The first kappa shape index (κ1) is 21.3. The topological polar surface area (TPSA) is 61.4 Å². The minimum absolute atomic E-state index is 0.0469. The van der Waals surface area contributed by atoms with Crippen LogP contribution >= 0.6 is 0 Å². The van der Waals surface area contributed by atoms with Gasteiger partial charge in [-0.1, -0.05) is 51.1 Å². The van der Waals surface area contributed by atoms with Crippen molar-refractivity contribution in [3.05, 3.63) is 35.9 Å². The van der Waals surface area contributed by atoms with E-state index in [1.165, 1.54) is 5.56 Å². The van der Waals surface area contributed by atoms with Crippen molar-refractivity contribution in [3.8, 4) is 0 Å². The number of nitrogens with zero attached hydrogens (tertiary/aromatic N) is 1. The molecule has 150 valence electrons. The fourth-order valence-electron chi connectivity index (χ4n) is 4.14. The lowest BCUT2D eigenvalue weighted by Gasteiger charge is -2.36. The zero-order valence-corrected chi connectivity index (χ0v) is 17.5. The molecule has 1 aliphatic rings. The number of amides is 3. The summed E-state index contributed by atoms with van der Waals surface area (Å²) in [6, 6.07) is 9.71. The van der Waals surface area contributed by atoms with Gasteiger partial charge < -0.3 is 15.5 Å². The molecule has 3 amide bonds. The van der Waals surface area contributed by atoms with Crippen LogP contribution in [0, 0.1) is 5.41 Å². The summed E-state index contributed by atoms with van der Waals surface area (Å²) in [7, 11) is 0. The molecule has 0 saturated carbocycles. The Morgan fingerprint density at radius 2 is 1.85 bits per heavy atom. The third-order valence-electron chi connectivity index (χ3n) is 4.79. The van der Waals surface area contributed by atoms with Crippen molar-refractivity contribution in [1.82, 2.24) is 15.5 Å². The van der Waals surface area contributed by atoms with Crippen molar-refractivity contribution < 1.29 is 9.59 Å². The first-order chi connectivity index (χ1) is 12.6. The van der Waals surface area contributed by atoms with Gasteiger partial charge >= 0.3 is 6.03 Å². The van der Waals surface area contributed by atoms with E-state index < -0.39 is 6.04 Å². The Kier molecular flexibility index (Phi) is 6.90. The van der Waals surface area contributed by atoms with Gasteiger partial charge in [-0.25, -0.2) is 4.79 Å². The van der Waals surface area contributed by atoms with Gasteiger partial charge in [0.15, 0.2) is 0 Å². The Labute approximate surface area is 163 Å². The summed E-state index contributed by atoms with van der Waals surface area (Å²) in [6.07, 6.45) is 3.31. The molecule has 1 aromatic rings. The van der Waals surface area contributed by atoms with Crippen LogP contribution in [0.2, 0.25) is 0 Å². The van der Waals surface area contributed by atoms with Gasteiger partial charge in [0.05, 0.1) is 0 Å². The summed E-state index contributed by atoms with van der Waals surface area (Å²) in [5.41, 5.74) is 1.06. The van der Waals surface area contributed by atoms with Crippen LogP contribution in [-0.2, 0) is 11.2 Å².